The largest absolute Gasteiger partial charge is 0.490 e. The van der Waals surface area contributed by atoms with Crippen molar-refractivity contribution in [2.45, 2.75) is 25.6 Å². The third-order valence-electron chi connectivity index (χ3n) is 3.92. The summed E-state index contributed by atoms with van der Waals surface area (Å²) in [5, 5.41) is 0.941. The van der Waals surface area contributed by atoms with Gasteiger partial charge in [0.05, 0.1) is 6.10 Å². The second kappa shape index (κ2) is 7.30. The summed E-state index contributed by atoms with van der Waals surface area (Å²) in [4.78, 5) is 0. The van der Waals surface area contributed by atoms with Crippen LogP contribution in [0.1, 0.15) is 18.4 Å². The summed E-state index contributed by atoms with van der Waals surface area (Å²) in [6, 6.07) is 11.8. The van der Waals surface area contributed by atoms with Crippen molar-refractivity contribution in [2.75, 3.05) is 5.33 Å². The molecule has 2 aromatic rings. The lowest BCUT2D eigenvalue weighted by atomic mass is 9.84. The van der Waals surface area contributed by atoms with Crippen LogP contribution in [0.15, 0.2) is 42.5 Å². The molecule has 0 aromatic heterocycles. The normalized spacial score (nSPS) is 20.0. The molecule has 122 valence electrons. The quantitative estimate of drug-likeness (QED) is 0.647. The highest BCUT2D eigenvalue weighted by molar-refractivity contribution is 9.09. The molecule has 0 radical (unpaired) electrons. The summed E-state index contributed by atoms with van der Waals surface area (Å²) in [5.41, 5.74) is 0.887. The number of benzene rings is 2. The molecule has 23 heavy (non-hydrogen) atoms. The lowest BCUT2D eigenvalue weighted by Crippen LogP contribution is -2.34. The summed E-state index contributed by atoms with van der Waals surface area (Å²) in [7, 11) is 0. The van der Waals surface area contributed by atoms with E-state index in [1.54, 1.807) is 0 Å². The molecule has 2 nitrogen and oxygen atoms in total. The third-order valence-corrected chi connectivity index (χ3v) is 4.83. The predicted molar refractivity (Wildman–Crippen MR) is 88.1 cm³/mol. The molecule has 0 heterocycles. The molecule has 5 heteroatoms. The molecule has 0 atom stereocenters. The third kappa shape index (κ3) is 4.02. The number of hydrogen-bond acceptors (Lipinski definition) is 2. The first-order valence-corrected chi connectivity index (χ1v) is 8.66. The zero-order chi connectivity index (χ0) is 16.2. The van der Waals surface area contributed by atoms with E-state index in [1.165, 1.54) is 6.07 Å². The van der Waals surface area contributed by atoms with E-state index >= 15 is 0 Å². The van der Waals surface area contributed by atoms with Crippen molar-refractivity contribution in [3.63, 3.8) is 0 Å². The van der Waals surface area contributed by atoms with Gasteiger partial charge in [0, 0.05) is 17.5 Å². The number of alkyl halides is 1. The zero-order valence-corrected chi connectivity index (χ0v) is 14.1. The van der Waals surface area contributed by atoms with Crippen LogP contribution in [0.2, 0.25) is 0 Å². The maximum Gasteiger partial charge on any atom is 0.200 e. The van der Waals surface area contributed by atoms with Crippen LogP contribution < -0.4 is 9.47 Å². The average molecular weight is 383 g/mol. The minimum atomic E-state index is -0.986. The lowest BCUT2D eigenvalue weighted by Gasteiger charge is -2.34. The molecule has 0 spiro atoms. The van der Waals surface area contributed by atoms with Crippen molar-refractivity contribution < 1.29 is 18.3 Å². The smallest absolute Gasteiger partial charge is 0.200 e. The summed E-state index contributed by atoms with van der Waals surface area (Å²) < 4.78 is 38.7. The van der Waals surface area contributed by atoms with E-state index in [9.17, 15) is 8.78 Å². The average Bonchev–Trinajstić information content (AvgIpc) is 2.53. The van der Waals surface area contributed by atoms with Gasteiger partial charge >= 0.3 is 0 Å². The number of hydrogen-bond donors (Lipinski definition) is 0. The molecule has 1 fully saturated rings. The van der Waals surface area contributed by atoms with E-state index in [4.69, 9.17) is 9.47 Å². The van der Waals surface area contributed by atoms with Gasteiger partial charge in [0.2, 0.25) is 5.82 Å². The van der Waals surface area contributed by atoms with Crippen LogP contribution in [-0.2, 0) is 6.61 Å². The van der Waals surface area contributed by atoms with Crippen molar-refractivity contribution in [3.05, 3.63) is 59.7 Å². The van der Waals surface area contributed by atoms with E-state index in [0.29, 0.717) is 11.7 Å². The first kappa shape index (κ1) is 16.2. The fraction of sp³-hybridized carbons (Fsp3) is 0.333. The summed E-state index contributed by atoms with van der Waals surface area (Å²) in [6.45, 7) is 0.176. The van der Waals surface area contributed by atoms with Crippen LogP contribution in [0.5, 0.6) is 11.5 Å². The Morgan fingerprint density at radius 3 is 2.52 bits per heavy atom. The van der Waals surface area contributed by atoms with Crippen molar-refractivity contribution in [3.8, 4) is 11.5 Å². The molecule has 0 aliphatic heterocycles. The van der Waals surface area contributed by atoms with Crippen LogP contribution in [0.4, 0.5) is 8.78 Å². The molecule has 1 saturated carbocycles. The second-order valence-electron chi connectivity index (χ2n) is 5.72. The monoisotopic (exact) mass is 382 g/mol. The standard InChI is InChI=1S/C18H17BrF2O2/c19-10-13-6-14(7-13)23-15-8-16(20)18(21)17(9-15)22-11-12-4-2-1-3-5-12/h1-5,8-9,13-14H,6-7,10-11H2. The Labute approximate surface area is 142 Å². The molecule has 2 aromatic carbocycles. The Balaban J connectivity index is 1.67. The van der Waals surface area contributed by atoms with Crippen molar-refractivity contribution in [1.29, 1.82) is 0 Å². The van der Waals surface area contributed by atoms with E-state index < -0.39 is 11.6 Å². The van der Waals surface area contributed by atoms with Crippen molar-refractivity contribution in [2.24, 2.45) is 5.92 Å². The first-order valence-electron chi connectivity index (χ1n) is 7.54. The summed E-state index contributed by atoms with van der Waals surface area (Å²) in [5.74, 6) is -1.16. The Bertz CT molecular complexity index is 658. The molecular formula is C18H17BrF2O2. The van der Waals surface area contributed by atoms with E-state index in [-0.39, 0.29) is 18.5 Å². The highest BCUT2D eigenvalue weighted by atomic mass is 79.9. The van der Waals surface area contributed by atoms with Crippen LogP contribution in [-0.4, -0.2) is 11.4 Å². The second-order valence-corrected chi connectivity index (χ2v) is 6.37. The van der Waals surface area contributed by atoms with Crippen molar-refractivity contribution in [1.82, 2.24) is 0 Å². The topological polar surface area (TPSA) is 18.5 Å². The SMILES string of the molecule is Fc1cc(OC2CC(CBr)C2)cc(OCc2ccccc2)c1F. The molecule has 1 aliphatic rings. The maximum atomic E-state index is 13.9. The molecule has 1 aliphatic carbocycles. The van der Waals surface area contributed by atoms with Gasteiger partial charge in [-0.3, -0.25) is 0 Å². The van der Waals surface area contributed by atoms with Crippen LogP contribution in [0.3, 0.4) is 0 Å². The Morgan fingerprint density at radius 2 is 1.83 bits per heavy atom. The van der Waals surface area contributed by atoms with Crippen LogP contribution >= 0.6 is 15.9 Å². The Hall–Kier alpha value is -1.62. The molecule has 0 bridgehead atoms. The van der Waals surface area contributed by atoms with Gasteiger partial charge in [-0.2, -0.15) is 4.39 Å². The minimum Gasteiger partial charge on any atom is -0.490 e. The van der Waals surface area contributed by atoms with Gasteiger partial charge in [-0.05, 0) is 24.3 Å². The highest BCUT2D eigenvalue weighted by Crippen LogP contribution is 2.34. The molecule has 0 unspecified atom stereocenters. The number of rotatable bonds is 6. The predicted octanol–water partition coefficient (Wildman–Crippen LogP) is 5.10. The van der Waals surface area contributed by atoms with E-state index in [0.717, 1.165) is 29.8 Å². The van der Waals surface area contributed by atoms with Gasteiger partial charge in [0.1, 0.15) is 12.4 Å². The number of halogens is 3. The van der Waals surface area contributed by atoms with Crippen LogP contribution in [0, 0.1) is 17.6 Å². The Kier molecular flexibility index (Phi) is 5.16. The fourth-order valence-corrected chi connectivity index (χ4v) is 3.07. The summed E-state index contributed by atoms with van der Waals surface area (Å²) in [6.07, 6.45) is 1.90. The van der Waals surface area contributed by atoms with Gasteiger partial charge in [-0.15, -0.1) is 0 Å². The maximum absolute atomic E-state index is 13.9. The van der Waals surface area contributed by atoms with Gasteiger partial charge in [-0.25, -0.2) is 4.39 Å². The van der Waals surface area contributed by atoms with Gasteiger partial charge in [0.15, 0.2) is 11.6 Å². The first-order chi connectivity index (χ1) is 11.2. The minimum absolute atomic E-state index is 0.0596. The summed E-state index contributed by atoms with van der Waals surface area (Å²) >= 11 is 3.43. The Morgan fingerprint density at radius 1 is 1.09 bits per heavy atom. The zero-order valence-electron chi connectivity index (χ0n) is 12.5. The lowest BCUT2D eigenvalue weighted by molar-refractivity contribution is 0.0756. The molecule has 3 rings (SSSR count). The molecule has 0 saturated heterocycles. The number of ether oxygens (including phenoxy) is 2. The molecule has 0 amide bonds. The highest BCUT2D eigenvalue weighted by Gasteiger charge is 2.30. The van der Waals surface area contributed by atoms with E-state index in [1.807, 2.05) is 30.3 Å². The van der Waals surface area contributed by atoms with Gasteiger partial charge in [0.25, 0.3) is 0 Å². The molecule has 0 N–H and O–H groups in total. The van der Waals surface area contributed by atoms with Gasteiger partial charge in [-0.1, -0.05) is 46.3 Å². The van der Waals surface area contributed by atoms with Crippen molar-refractivity contribution >= 4 is 15.9 Å². The fourth-order valence-electron chi connectivity index (χ4n) is 2.54. The van der Waals surface area contributed by atoms with Gasteiger partial charge < -0.3 is 9.47 Å². The van der Waals surface area contributed by atoms with Crippen LogP contribution in [0.25, 0.3) is 0 Å². The molecular weight excluding hydrogens is 366 g/mol. The van der Waals surface area contributed by atoms with E-state index in [2.05, 4.69) is 15.9 Å².